The second-order valence-corrected chi connectivity index (χ2v) is 3.34. The standard InChI is InChI=1S/C12H16O4/c1-3-16-11(12(14)15-2)8-9-4-6-10(13)7-5-9/h4-7,11,13H,3,8H2,1-2H3. The first-order valence-corrected chi connectivity index (χ1v) is 5.14. The van der Waals surface area contributed by atoms with E-state index in [1.807, 2.05) is 6.92 Å². The minimum atomic E-state index is -0.584. The normalized spacial score (nSPS) is 12.1. The number of phenols is 1. The summed E-state index contributed by atoms with van der Waals surface area (Å²) in [5, 5.41) is 9.13. The maximum atomic E-state index is 11.4. The molecule has 0 bridgehead atoms. The lowest BCUT2D eigenvalue weighted by molar-refractivity contribution is -0.153. The van der Waals surface area contributed by atoms with Gasteiger partial charge in [-0.2, -0.15) is 0 Å². The summed E-state index contributed by atoms with van der Waals surface area (Å²) in [6, 6.07) is 6.67. The molecule has 16 heavy (non-hydrogen) atoms. The molecule has 88 valence electrons. The van der Waals surface area contributed by atoms with Crippen LogP contribution < -0.4 is 0 Å². The van der Waals surface area contributed by atoms with Crippen molar-refractivity contribution in [2.75, 3.05) is 13.7 Å². The molecule has 4 heteroatoms. The third-order valence-electron chi connectivity index (χ3n) is 2.19. The number of carbonyl (C=O) groups excluding carboxylic acids is 1. The van der Waals surface area contributed by atoms with E-state index in [1.165, 1.54) is 7.11 Å². The average Bonchev–Trinajstić information content (AvgIpc) is 2.30. The van der Waals surface area contributed by atoms with E-state index in [0.29, 0.717) is 13.0 Å². The molecule has 1 N–H and O–H groups in total. The molecule has 0 spiro atoms. The smallest absolute Gasteiger partial charge is 0.335 e. The molecule has 0 aliphatic carbocycles. The van der Waals surface area contributed by atoms with Gasteiger partial charge in [0.25, 0.3) is 0 Å². The lowest BCUT2D eigenvalue weighted by Crippen LogP contribution is -2.27. The summed E-state index contributed by atoms with van der Waals surface area (Å²) < 4.78 is 9.94. The van der Waals surface area contributed by atoms with Gasteiger partial charge in [-0.15, -0.1) is 0 Å². The van der Waals surface area contributed by atoms with Gasteiger partial charge in [0, 0.05) is 13.0 Å². The van der Waals surface area contributed by atoms with Crippen molar-refractivity contribution in [2.45, 2.75) is 19.4 Å². The van der Waals surface area contributed by atoms with Gasteiger partial charge in [0.05, 0.1) is 7.11 Å². The van der Waals surface area contributed by atoms with E-state index in [4.69, 9.17) is 9.84 Å². The predicted octanol–water partition coefficient (Wildman–Crippen LogP) is 1.51. The highest BCUT2D eigenvalue weighted by Crippen LogP contribution is 2.13. The molecule has 0 fully saturated rings. The van der Waals surface area contributed by atoms with Crippen LogP contribution in [0.3, 0.4) is 0 Å². The molecule has 1 aromatic rings. The first kappa shape index (κ1) is 12.5. The van der Waals surface area contributed by atoms with Gasteiger partial charge in [0.15, 0.2) is 6.10 Å². The molecule has 0 aliphatic heterocycles. The highest BCUT2D eigenvalue weighted by Gasteiger charge is 2.19. The Bertz CT molecular complexity index is 331. The predicted molar refractivity (Wildman–Crippen MR) is 59.2 cm³/mol. The van der Waals surface area contributed by atoms with Crippen molar-refractivity contribution >= 4 is 5.97 Å². The summed E-state index contributed by atoms with van der Waals surface area (Å²) in [6.45, 7) is 2.28. The monoisotopic (exact) mass is 224 g/mol. The Morgan fingerprint density at radius 3 is 2.50 bits per heavy atom. The Labute approximate surface area is 94.8 Å². The van der Waals surface area contributed by atoms with E-state index >= 15 is 0 Å². The maximum absolute atomic E-state index is 11.4. The molecule has 0 radical (unpaired) electrons. The second kappa shape index (κ2) is 6.12. The molecule has 1 rings (SSSR count). The van der Waals surface area contributed by atoms with Crippen LogP contribution in [0.1, 0.15) is 12.5 Å². The number of carbonyl (C=O) groups is 1. The fourth-order valence-electron chi connectivity index (χ4n) is 1.39. The van der Waals surface area contributed by atoms with Crippen LogP contribution in [0, 0.1) is 0 Å². The summed E-state index contributed by atoms with van der Waals surface area (Å²) >= 11 is 0. The minimum Gasteiger partial charge on any atom is -0.508 e. The molecular formula is C12H16O4. The summed E-state index contributed by atoms with van der Waals surface area (Å²) in [4.78, 5) is 11.4. The Morgan fingerprint density at radius 2 is 2.00 bits per heavy atom. The van der Waals surface area contributed by atoms with Gasteiger partial charge in [0.1, 0.15) is 5.75 Å². The fraction of sp³-hybridized carbons (Fsp3) is 0.417. The highest BCUT2D eigenvalue weighted by atomic mass is 16.6. The summed E-state index contributed by atoms with van der Waals surface area (Å²) in [5.41, 5.74) is 0.918. The zero-order valence-corrected chi connectivity index (χ0v) is 9.47. The van der Waals surface area contributed by atoms with Crippen LogP contribution in [0.5, 0.6) is 5.75 Å². The van der Waals surface area contributed by atoms with Crippen LogP contribution in [-0.2, 0) is 20.7 Å². The number of hydrogen-bond donors (Lipinski definition) is 1. The third-order valence-corrected chi connectivity index (χ3v) is 2.19. The zero-order chi connectivity index (χ0) is 12.0. The Kier molecular flexibility index (Phi) is 4.79. The van der Waals surface area contributed by atoms with Crippen LogP contribution in [0.25, 0.3) is 0 Å². The molecule has 0 aliphatic rings. The highest BCUT2D eigenvalue weighted by molar-refractivity contribution is 5.74. The van der Waals surface area contributed by atoms with Gasteiger partial charge in [0.2, 0.25) is 0 Å². The summed E-state index contributed by atoms with van der Waals surface area (Å²) in [5.74, 6) is -0.176. The maximum Gasteiger partial charge on any atom is 0.335 e. The minimum absolute atomic E-state index is 0.203. The van der Waals surface area contributed by atoms with Crippen molar-refractivity contribution in [3.8, 4) is 5.75 Å². The van der Waals surface area contributed by atoms with E-state index in [0.717, 1.165) is 5.56 Å². The second-order valence-electron chi connectivity index (χ2n) is 3.34. The van der Waals surface area contributed by atoms with Crippen LogP contribution in [0.2, 0.25) is 0 Å². The molecule has 1 unspecified atom stereocenters. The molecule has 4 nitrogen and oxygen atoms in total. The van der Waals surface area contributed by atoms with Gasteiger partial charge in [-0.25, -0.2) is 4.79 Å². The van der Waals surface area contributed by atoms with Crippen LogP contribution in [-0.4, -0.2) is 30.9 Å². The molecule has 1 aromatic carbocycles. The van der Waals surface area contributed by atoms with Gasteiger partial charge in [-0.05, 0) is 24.6 Å². The van der Waals surface area contributed by atoms with E-state index in [1.54, 1.807) is 24.3 Å². The Balaban J connectivity index is 2.67. The van der Waals surface area contributed by atoms with Crippen LogP contribution in [0.4, 0.5) is 0 Å². The number of benzene rings is 1. The van der Waals surface area contributed by atoms with Crippen molar-refractivity contribution in [2.24, 2.45) is 0 Å². The van der Waals surface area contributed by atoms with E-state index in [-0.39, 0.29) is 11.7 Å². The molecule has 0 heterocycles. The lowest BCUT2D eigenvalue weighted by atomic mass is 10.1. The topological polar surface area (TPSA) is 55.8 Å². The Hall–Kier alpha value is -1.55. The summed E-state index contributed by atoms with van der Waals surface area (Å²) in [6.07, 6.45) is -0.139. The first-order valence-electron chi connectivity index (χ1n) is 5.14. The number of methoxy groups -OCH3 is 1. The van der Waals surface area contributed by atoms with Gasteiger partial charge < -0.3 is 14.6 Å². The number of phenolic OH excluding ortho intramolecular Hbond substituents is 1. The zero-order valence-electron chi connectivity index (χ0n) is 9.47. The third kappa shape index (κ3) is 3.55. The number of ether oxygens (including phenoxy) is 2. The molecule has 0 saturated heterocycles. The Morgan fingerprint density at radius 1 is 1.38 bits per heavy atom. The molecule has 0 saturated carbocycles. The molecular weight excluding hydrogens is 208 g/mol. The first-order chi connectivity index (χ1) is 7.67. The number of rotatable bonds is 5. The van der Waals surface area contributed by atoms with E-state index in [2.05, 4.69) is 4.74 Å². The van der Waals surface area contributed by atoms with Crippen molar-refractivity contribution in [3.63, 3.8) is 0 Å². The van der Waals surface area contributed by atoms with Crippen molar-refractivity contribution in [1.82, 2.24) is 0 Å². The largest absolute Gasteiger partial charge is 0.508 e. The molecule has 0 aromatic heterocycles. The average molecular weight is 224 g/mol. The SMILES string of the molecule is CCOC(Cc1ccc(O)cc1)C(=O)OC. The quantitative estimate of drug-likeness (QED) is 0.770. The number of esters is 1. The van der Waals surface area contributed by atoms with Crippen LogP contribution in [0.15, 0.2) is 24.3 Å². The fourth-order valence-corrected chi connectivity index (χ4v) is 1.39. The summed E-state index contributed by atoms with van der Waals surface area (Å²) in [7, 11) is 1.34. The van der Waals surface area contributed by atoms with Gasteiger partial charge >= 0.3 is 5.97 Å². The lowest BCUT2D eigenvalue weighted by Gasteiger charge is -2.14. The number of hydrogen-bond acceptors (Lipinski definition) is 4. The van der Waals surface area contributed by atoms with E-state index in [9.17, 15) is 4.79 Å². The van der Waals surface area contributed by atoms with Crippen molar-refractivity contribution < 1.29 is 19.4 Å². The van der Waals surface area contributed by atoms with Gasteiger partial charge in [-0.1, -0.05) is 12.1 Å². The van der Waals surface area contributed by atoms with Crippen LogP contribution >= 0.6 is 0 Å². The number of aromatic hydroxyl groups is 1. The van der Waals surface area contributed by atoms with Gasteiger partial charge in [-0.3, -0.25) is 0 Å². The van der Waals surface area contributed by atoms with Crippen molar-refractivity contribution in [3.05, 3.63) is 29.8 Å². The van der Waals surface area contributed by atoms with Crippen molar-refractivity contribution in [1.29, 1.82) is 0 Å². The van der Waals surface area contributed by atoms with E-state index < -0.39 is 6.10 Å². The molecule has 0 amide bonds. The molecule has 1 atom stereocenters.